The van der Waals surface area contributed by atoms with Crippen LogP contribution in [0.5, 0.6) is 0 Å². The highest BCUT2D eigenvalue weighted by Crippen LogP contribution is 2.45. The summed E-state index contributed by atoms with van der Waals surface area (Å²) in [6, 6.07) is 59.4. The average molecular weight is 617 g/mol. The van der Waals surface area contributed by atoms with E-state index in [1.807, 2.05) is 11.3 Å². The Kier molecular flexibility index (Phi) is 5.84. The van der Waals surface area contributed by atoms with Crippen molar-refractivity contribution in [3.63, 3.8) is 0 Å². The number of rotatable bonds is 4. The maximum atomic E-state index is 5.15. The first kappa shape index (κ1) is 26.4. The molecule has 47 heavy (non-hydrogen) atoms. The number of para-hydroxylation sites is 2. The number of hydrogen-bond acceptors (Lipinski definition) is 2. The van der Waals surface area contributed by atoms with Gasteiger partial charge in [-0.15, -0.1) is 11.3 Å². The molecule has 0 aliphatic carbocycles. The average Bonchev–Trinajstić information content (AvgIpc) is 3.82. The second-order valence-corrected chi connectivity index (χ2v) is 13.4. The SMILES string of the molecule is c1ccc(C2C(c3ccc(-c4ccc5c6c7sc8ccccc8c7ccc6n(-c6ccccc6)c5c4)cc3)=Nc3ccccc32)cc1. The summed E-state index contributed by atoms with van der Waals surface area (Å²) in [4.78, 5) is 5.15. The minimum Gasteiger partial charge on any atom is -0.309 e. The Labute approximate surface area is 276 Å². The molecule has 3 heteroatoms. The maximum absolute atomic E-state index is 5.15. The molecule has 1 aliphatic heterocycles. The van der Waals surface area contributed by atoms with Crippen LogP contribution in [0, 0.1) is 0 Å². The molecule has 3 heterocycles. The number of aromatic nitrogens is 1. The van der Waals surface area contributed by atoms with E-state index in [1.54, 1.807) is 0 Å². The molecule has 1 aliphatic rings. The molecule has 2 nitrogen and oxygen atoms in total. The van der Waals surface area contributed by atoms with Crippen LogP contribution in [0.25, 0.3) is 58.8 Å². The number of fused-ring (bicyclic) bond motifs is 8. The first-order valence-electron chi connectivity index (χ1n) is 16.1. The molecule has 1 atom stereocenters. The number of thiophene rings is 1. The standard InChI is InChI=1S/C44H28N2S/c1-3-11-29(12-4-1)41-35-16-7-9-17-37(35)45-43(41)30-21-19-28(20-22-30)31-23-24-36-39(27-31)46(32-13-5-2-6-14-32)38-26-25-34-33-15-8-10-18-40(33)47-44(34)42(36)38/h1-27,41H. The largest absolute Gasteiger partial charge is 0.309 e. The molecule has 220 valence electrons. The predicted octanol–water partition coefficient (Wildman–Crippen LogP) is 12.1. The summed E-state index contributed by atoms with van der Waals surface area (Å²) < 4.78 is 5.12. The van der Waals surface area contributed by atoms with Crippen molar-refractivity contribution in [2.45, 2.75) is 5.92 Å². The zero-order chi connectivity index (χ0) is 30.9. The lowest BCUT2D eigenvalue weighted by Gasteiger charge is -2.16. The third-order valence-electron chi connectivity index (χ3n) is 9.70. The van der Waals surface area contributed by atoms with Crippen molar-refractivity contribution >= 4 is 64.7 Å². The van der Waals surface area contributed by atoms with Gasteiger partial charge in [-0.2, -0.15) is 0 Å². The van der Waals surface area contributed by atoms with Gasteiger partial charge in [-0.3, -0.25) is 4.99 Å². The molecule has 7 aromatic carbocycles. The molecular weight excluding hydrogens is 589 g/mol. The van der Waals surface area contributed by atoms with Crippen LogP contribution in [0.2, 0.25) is 0 Å². The van der Waals surface area contributed by atoms with Crippen LogP contribution in [-0.2, 0) is 0 Å². The molecule has 2 aromatic heterocycles. The van der Waals surface area contributed by atoms with Crippen LogP contribution in [0.1, 0.15) is 22.6 Å². The van der Waals surface area contributed by atoms with Crippen molar-refractivity contribution in [3.8, 4) is 16.8 Å². The van der Waals surface area contributed by atoms with E-state index in [2.05, 4.69) is 168 Å². The van der Waals surface area contributed by atoms with Crippen molar-refractivity contribution in [2.75, 3.05) is 0 Å². The van der Waals surface area contributed by atoms with E-state index in [-0.39, 0.29) is 5.92 Å². The Bertz CT molecular complexity index is 2660. The Balaban J connectivity index is 1.12. The fourth-order valence-corrected chi connectivity index (χ4v) is 8.80. The molecule has 0 bridgehead atoms. The number of hydrogen-bond donors (Lipinski definition) is 0. The van der Waals surface area contributed by atoms with Gasteiger partial charge in [0.15, 0.2) is 0 Å². The number of nitrogens with zero attached hydrogens (tertiary/aromatic N) is 2. The maximum Gasteiger partial charge on any atom is 0.0675 e. The van der Waals surface area contributed by atoms with Crippen molar-refractivity contribution < 1.29 is 0 Å². The van der Waals surface area contributed by atoms with Gasteiger partial charge in [0.2, 0.25) is 0 Å². The Morgan fingerprint density at radius 2 is 1.19 bits per heavy atom. The minimum atomic E-state index is 0.127. The molecule has 0 fully saturated rings. The topological polar surface area (TPSA) is 17.3 Å². The second kappa shape index (κ2) is 10.4. The summed E-state index contributed by atoms with van der Waals surface area (Å²) in [6.45, 7) is 0. The van der Waals surface area contributed by atoms with Crippen molar-refractivity contribution in [1.29, 1.82) is 0 Å². The van der Waals surface area contributed by atoms with Gasteiger partial charge in [0.25, 0.3) is 0 Å². The van der Waals surface area contributed by atoms with Crippen LogP contribution in [0.3, 0.4) is 0 Å². The zero-order valence-electron chi connectivity index (χ0n) is 25.5. The van der Waals surface area contributed by atoms with Gasteiger partial charge >= 0.3 is 0 Å². The van der Waals surface area contributed by atoms with Gasteiger partial charge in [0.05, 0.1) is 28.4 Å². The molecular formula is C44H28N2S. The lowest BCUT2D eigenvalue weighted by molar-refractivity contribution is 1.11. The van der Waals surface area contributed by atoms with Gasteiger partial charge in [-0.25, -0.2) is 0 Å². The summed E-state index contributed by atoms with van der Waals surface area (Å²) in [5.41, 5.74) is 11.9. The van der Waals surface area contributed by atoms with E-state index < -0.39 is 0 Å². The van der Waals surface area contributed by atoms with E-state index in [4.69, 9.17) is 4.99 Å². The monoisotopic (exact) mass is 616 g/mol. The molecule has 0 saturated carbocycles. The first-order valence-corrected chi connectivity index (χ1v) is 16.9. The van der Waals surface area contributed by atoms with Gasteiger partial charge in [-0.05, 0) is 64.2 Å². The molecule has 0 radical (unpaired) electrons. The normalized spacial score (nSPS) is 14.3. The van der Waals surface area contributed by atoms with E-state index in [1.165, 1.54) is 69.9 Å². The Hall–Kier alpha value is -5.77. The summed E-state index contributed by atoms with van der Waals surface area (Å²) in [5.74, 6) is 0.127. The van der Waals surface area contributed by atoms with E-state index >= 15 is 0 Å². The quantitative estimate of drug-likeness (QED) is 0.187. The van der Waals surface area contributed by atoms with Crippen LogP contribution in [0.4, 0.5) is 5.69 Å². The zero-order valence-corrected chi connectivity index (χ0v) is 26.3. The first-order chi connectivity index (χ1) is 23.3. The van der Waals surface area contributed by atoms with Crippen molar-refractivity contribution in [2.24, 2.45) is 4.99 Å². The highest BCUT2D eigenvalue weighted by Gasteiger charge is 2.29. The van der Waals surface area contributed by atoms with Crippen molar-refractivity contribution in [3.05, 3.63) is 180 Å². The molecule has 0 spiro atoms. The summed E-state index contributed by atoms with van der Waals surface area (Å²) in [5, 5.41) is 5.27. The lowest BCUT2D eigenvalue weighted by atomic mass is 9.85. The minimum absolute atomic E-state index is 0.127. The summed E-state index contributed by atoms with van der Waals surface area (Å²) in [6.07, 6.45) is 0. The van der Waals surface area contributed by atoms with Crippen LogP contribution in [-0.4, -0.2) is 10.3 Å². The third kappa shape index (κ3) is 4.07. The molecule has 10 rings (SSSR count). The summed E-state index contributed by atoms with van der Waals surface area (Å²) >= 11 is 1.90. The number of benzene rings is 7. The van der Waals surface area contributed by atoms with Crippen molar-refractivity contribution in [1.82, 2.24) is 4.57 Å². The van der Waals surface area contributed by atoms with Crippen LogP contribution < -0.4 is 0 Å². The Morgan fingerprint density at radius 1 is 0.511 bits per heavy atom. The molecule has 1 unspecified atom stereocenters. The van der Waals surface area contributed by atoms with Crippen LogP contribution >= 0.6 is 11.3 Å². The smallest absolute Gasteiger partial charge is 0.0675 e. The molecule has 0 saturated heterocycles. The highest BCUT2D eigenvalue weighted by atomic mass is 32.1. The summed E-state index contributed by atoms with van der Waals surface area (Å²) in [7, 11) is 0. The molecule has 9 aromatic rings. The fourth-order valence-electron chi connectivity index (χ4n) is 7.54. The number of aliphatic imine (C=N–C) groups is 1. The van der Waals surface area contributed by atoms with Gasteiger partial charge < -0.3 is 4.57 Å². The van der Waals surface area contributed by atoms with Crippen LogP contribution in [0.15, 0.2) is 169 Å². The van der Waals surface area contributed by atoms with Gasteiger partial charge in [0, 0.05) is 36.6 Å². The van der Waals surface area contributed by atoms with Gasteiger partial charge in [0.1, 0.15) is 0 Å². The molecule has 0 N–H and O–H groups in total. The predicted molar refractivity (Wildman–Crippen MR) is 200 cm³/mol. The van der Waals surface area contributed by atoms with E-state index in [0.29, 0.717) is 0 Å². The Morgan fingerprint density at radius 3 is 2.04 bits per heavy atom. The fraction of sp³-hybridized carbons (Fsp3) is 0.0227. The van der Waals surface area contributed by atoms with E-state index in [9.17, 15) is 0 Å². The highest BCUT2D eigenvalue weighted by molar-refractivity contribution is 7.26. The van der Waals surface area contributed by atoms with E-state index in [0.717, 1.165) is 17.0 Å². The lowest BCUT2D eigenvalue weighted by Crippen LogP contribution is -2.11. The second-order valence-electron chi connectivity index (χ2n) is 12.3. The van der Waals surface area contributed by atoms with Gasteiger partial charge in [-0.1, -0.05) is 127 Å². The molecule has 0 amide bonds. The third-order valence-corrected chi connectivity index (χ3v) is 10.9.